The number of methoxy groups -OCH3 is 1. The van der Waals surface area contributed by atoms with Crippen molar-refractivity contribution in [3.63, 3.8) is 0 Å². The molecule has 0 atom stereocenters. The molecule has 160 valence electrons. The van der Waals surface area contributed by atoms with E-state index in [0.717, 1.165) is 5.56 Å². The Morgan fingerprint density at radius 1 is 1.20 bits per heavy atom. The summed E-state index contributed by atoms with van der Waals surface area (Å²) in [6.07, 6.45) is 1.36. The maximum absolute atomic E-state index is 12.9. The van der Waals surface area contributed by atoms with E-state index >= 15 is 0 Å². The van der Waals surface area contributed by atoms with Crippen molar-refractivity contribution in [3.05, 3.63) is 42.1 Å². The van der Waals surface area contributed by atoms with Crippen LogP contribution in [0.25, 0.3) is 0 Å². The number of benzene rings is 1. The van der Waals surface area contributed by atoms with Gasteiger partial charge < -0.3 is 19.9 Å². The summed E-state index contributed by atoms with van der Waals surface area (Å²) in [5.41, 5.74) is -0.266. The first-order chi connectivity index (χ1) is 14.1. The summed E-state index contributed by atoms with van der Waals surface area (Å²) in [5, 5.41) is 12.4. The van der Waals surface area contributed by atoms with Gasteiger partial charge in [0.05, 0.1) is 19.0 Å². The monoisotopic (exact) mass is 413 g/mol. The third kappa shape index (κ3) is 4.32. The Labute approximate surface area is 175 Å². The maximum Gasteiger partial charge on any atom is 0.408 e. The van der Waals surface area contributed by atoms with Gasteiger partial charge in [-0.2, -0.15) is 0 Å². The van der Waals surface area contributed by atoms with Gasteiger partial charge >= 0.3 is 6.09 Å². The summed E-state index contributed by atoms with van der Waals surface area (Å²) in [6, 6.07) is 8.79. The molecule has 2 amide bonds. The fourth-order valence-electron chi connectivity index (χ4n) is 3.53. The average molecular weight is 413 g/mol. The van der Waals surface area contributed by atoms with Gasteiger partial charge in [0.2, 0.25) is 5.88 Å². The normalized spacial score (nSPS) is 14.6. The Kier molecular flexibility index (Phi) is 5.61. The van der Waals surface area contributed by atoms with Crippen molar-refractivity contribution >= 4 is 17.7 Å². The Morgan fingerprint density at radius 3 is 2.40 bits per heavy atom. The van der Waals surface area contributed by atoms with Crippen LogP contribution in [0.4, 0.5) is 10.5 Å². The third-order valence-electron chi connectivity index (χ3n) is 5.03. The molecule has 1 aromatic carbocycles. The maximum atomic E-state index is 12.9. The molecule has 0 unspecified atom stereocenters. The highest BCUT2D eigenvalue weighted by atomic mass is 16.5. The lowest BCUT2D eigenvalue weighted by molar-refractivity contribution is -0.124. The van der Waals surface area contributed by atoms with Crippen molar-refractivity contribution in [2.45, 2.75) is 51.6 Å². The largest absolute Gasteiger partial charge is 0.496 e. The number of amides is 2. The van der Waals surface area contributed by atoms with Crippen molar-refractivity contribution in [2.24, 2.45) is 0 Å². The van der Waals surface area contributed by atoms with Gasteiger partial charge in [-0.25, -0.2) is 9.78 Å². The number of aryl methyl sites for hydroxylation is 1. The Morgan fingerprint density at radius 2 is 1.90 bits per heavy atom. The number of carbonyl (C=O) groups excluding carboxylic acids is 1. The van der Waals surface area contributed by atoms with Gasteiger partial charge in [-0.05, 0) is 58.2 Å². The molecule has 8 heteroatoms. The number of aromatic nitrogens is 1. The second-order valence-corrected chi connectivity index (χ2v) is 8.39. The minimum Gasteiger partial charge on any atom is -0.496 e. The van der Waals surface area contributed by atoms with Crippen LogP contribution in [-0.4, -0.2) is 45.2 Å². The summed E-state index contributed by atoms with van der Waals surface area (Å²) in [7, 11) is 1.60. The molecule has 0 spiro atoms. The third-order valence-corrected chi connectivity index (χ3v) is 5.03. The lowest BCUT2D eigenvalue weighted by atomic mass is 10.0. The molecule has 2 aromatic rings. The van der Waals surface area contributed by atoms with Crippen molar-refractivity contribution in [3.8, 4) is 17.4 Å². The molecule has 1 aliphatic rings. The Hall–Kier alpha value is -3.29. The highest BCUT2D eigenvalue weighted by Crippen LogP contribution is 2.46. The van der Waals surface area contributed by atoms with E-state index in [9.17, 15) is 14.7 Å². The van der Waals surface area contributed by atoms with Crippen LogP contribution < -0.4 is 14.8 Å². The molecule has 0 saturated heterocycles. The van der Waals surface area contributed by atoms with E-state index in [1.807, 2.05) is 19.1 Å². The standard InChI is InChI=1S/C22H27N3O5/c1-14-6-8-16(12-17(14)29-5)30-18-9-7-15(13-23-18)24-19(26)22(10-11-22)25(20(27)28)21(2,3)4/h6-9,12-13H,10-11H2,1-5H3,(H,24,26)(H,27,28). The number of ether oxygens (including phenoxy) is 2. The molecule has 30 heavy (non-hydrogen) atoms. The zero-order chi connectivity index (χ0) is 22.1. The number of nitrogens with zero attached hydrogens (tertiary/aromatic N) is 2. The predicted octanol–water partition coefficient (Wildman–Crippen LogP) is 4.44. The molecular weight excluding hydrogens is 386 g/mol. The molecular formula is C22H27N3O5. The smallest absolute Gasteiger partial charge is 0.408 e. The van der Waals surface area contributed by atoms with Gasteiger partial charge in [0.15, 0.2) is 0 Å². The molecule has 1 aliphatic carbocycles. The minimum absolute atomic E-state index is 0.349. The van der Waals surface area contributed by atoms with Gasteiger partial charge in [0.1, 0.15) is 17.0 Å². The number of carboxylic acid groups (broad SMARTS) is 1. The van der Waals surface area contributed by atoms with Crippen molar-refractivity contribution in [1.82, 2.24) is 9.88 Å². The quantitative estimate of drug-likeness (QED) is 0.726. The number of pyridine rings is 1. The summed E-state index contributed by atoms with van der Waals surface area (Å²) in [6.45, 7) is 7.28. The summed E-state index contributed by atoms with van der Waals surface area (Å²) >= 11 is 0. The molecule has 0 bridgehead atoms. The fourth-order valence-corrected chi connectivity index (χ4v) is 3.53. The van der Waals surface area contributed by atoms with E-state index < -0.39 is 17.2 Å². The van der Waals surface area contributed by atoms with E-state index in [0.29, 0.717) is 35.9 Å². The summed E-state index contributed by atoms with van der Waals surface area (Å²) in [4.78, 5) is 30.1. The molecule has 0 aliphatic heterocycles. The number of anilines is 1. The lowest BCUT2D eigenvalue weighted by Crippen LogP contribution is -2.57. The van der Waals surface area contributed by atoms with Crippen LogP contribution in [0.3, 0.4) is 0 Å². The van der Waals surface area contributed by atoms with Crippen LogP contribution >= 0.6 is 0 Å². The molecule has 1 fully saturated rings. The molecule has 2 N–H and O–H groups in total. The first-order valence-electron chi connectivity index (χ1n) is 9.70. The first kappa shape index (κ1) is 21.4. The topological polar surface area (TPSA) is 101 Å². The molecule has 1 aromatic heterocycles. The number of hydrogen-bond acceptors (Lipinski definition) is 5. The summed E-state index contributed by atoms with van der Waals surface area (Å²) < 4.78 is 11.0. The minimum atomic E-state index is -1.11. The van der Waals surface area contributed by atoms with Crippen LogP contribution in [0.2, 0.25) is 0 Å². The highest BCUT2D eigenvalue weighted by Gasteiger charge is 2.59. The first-order valence-corrected chi connectivity index (χ1v) is 9.70. The van der Waals surface area contributed by atoms with E-state index in [1.165, 1.54) is 11.1 Å². The highest BCUT2D eigenvalue weighted by molar-refractivity contribution is 6.02. The van der Waals surface area contributed by atoms with Crippen LogP contribution in [0, 0.1) is 6.92 Å². The van der Waals surface area contributed by atoms with Crippen molar-refractivity contribution < 1.29 is 24.2 Å². The molecule has 3 rings (SSSR count). The van der Waals surface area contributed by atoms with Crippen molar-refractivity contribution in [1.29, 1.82) is 0 Å². The van der Waals surface area contributed by atoms with Crippen LogP contribution in [0.1, 0.15) is 39.2 Å². The van der Waals surface area contributed by atoms with E-state index in [4.69, 9.17) is 9.47 Å². The fraction of sp³-hybridized carbons (Fsp3) is 0.409. The van der Waals surface area contributed by atoms with Crippen molar-refractivity contribution in [2.75, 3.05) is 12.4 Å². The second kappa shape index (κ2) is 7.85. The molecule has 0 radical (unpaired) electrons. The zero-order valence-electron chi connectivity index (χ0n) is 17.9. The number of carbonyl (C=O) groups is 2. The number of hydrogen-bond donors (Lipinski definition) is 2. The number of rotatable bonds is 6. The Bertz CT molecular complexity index is 946. The van der Waals surface area contributed by atoms with Gasteiger partial charge in [-0.1, -0.05) is 6.07 Å². The lowest BCUT2D eigenvalue weighted by Gasteiger charge is -2.39. The SMILES string of the molecule is COc1cc(Oc2ccc(NC(=O)C3(N(C(=O)O)C(C)(C)C)CC3)cn2)ccc1C. The van der Waals surface area contributed by atoms with Gasteiger partial charge in [-0.3, -0.25) is 9.69 Å². The van der Waals surface area contributed by atoms with E-state index in [1.54, 1.807) is 46.1 Å². The van der Waals surface area contributed by atoms with Gasteiger partial charge in [-0.15, -0.1) is 0 Å². The average Bonchev–Trinajstić information content (AvgIpc) is 3.44. The van der Waals surface area contributed by atoms with Crippen LogP contribution in [0.15, 0.2) is 36.5 Å². The van der Waals surface area contributed by atoms with E-state index in [-0.39, 0.29) is 5.91 Å². The summed E-state index contributed by atoms with van der Waals surface area (Å²) in [5.74, 6) is 1.31. The molecule has 1 saturated carbocycles. The van der Waals surface area contributed by atoms with Crippen LogP contribution in [-0.2, 0) is 4.79 Å². The Balaban J connectivity index is 1.70. The number of nitrogens with one attached hydrogen (secondary N) is 1. The van der Waals surface area contributed by atoms with Crippen LogP contribution in [0.5, 0.6) is 17.4 Å². The zero-order valence-corrected chi connectivity index (χ0v) is 17.9. The molecule has 1 heterocycles. The van der Waals surface area contributed by atoms with Gasteiger partial charge in [0, 0.05) is 17.7 Å². The molecule has 8 nitrogen and oxygen atoms in total. The second-order valence-electron chi connectivity index (χ2n) is 8.39. The van der Waals surface area contributed by atoms with E-state index in [2.05, 4.69) is 10.3 Å². The van der Waals surface area contributed by atoms with Gasteiger partial charge in [0.25, 0.3) is 5.91 Å². The predicted molar refractivity (Wildman–Crippen MR) is 112 cm³/mol.